The molecule has 0 fully saturated rings. The first-order valence-corrected chi connectivity index (χ1v) is 6.45. The summed E-state index contributed by atoms with van der Waals surface area (Å²) in [6, 6.07) is 6.71. The van der Waals surface area contributed by atoms with Crippen molar-refractivity contribution >= 4 is 5.69 Å². The summed E-state index contributed by atoms with van der Waals surface area (Å²) in [5, 5.41) is 0. The second kappa shape index (κ2) is 4.56. The van der Waals surface area contributed by atoms with E-state index in [-0.39, 0.29) is 0 Å². The topological polar surface area (TPSA) is 12.0 Å². The molecule has 1 aromatic carbocycles. The average molecular weight is 219 g/mol. The number of quaternary nitrogens is 1. The molecule has 0 unspecified atom stereocenters. The van der Waals surface area contributed by atoms with Crippen LogP contribution in [0.1, 0.15) is 37.8 Å². The van der Waals surface area contributed by atoms with Gasteiger partial charge in [0.2, 0.25) is 0 Å². The fraction of sp³-hybridized carbons (Fsp3) is 0.571. The van der Waals surface area contributed by atoms with Crippen LogP contribution in [0.2, 0.25) is 0 Å². The van der Waals surface area contributed by atoms with Gasteiger partial charge < -0.3 is 0 Å². The van der Waals surface area contributed by atoms with Gasteiger partial charge in [-0.15, -0.1) is 0 Å². The smallest absolute Gasteiger partial charge is 0.157 e. The monoisotopic (exact) mass is 219 g/mol. The normalized spacial score (nSPS) is 17.4. The van der Waals surface area contributed by atoms with E-state index in [0.717, 1.165) is 11.1 Å². The number of hydrogen-bond acceptors (Lipinski definition) is 1. The van der Waals surface area contributed by atoms with Crippen LogP contribution < -0.4 is 10.0 Å². The van der Waals surface area contributed by atoms with Crippen LogP contribution in [0, 0.1) is 6.92 Å². The minimum absolute atomic E-state index is 0.990. The summed E-state index contributed by atoms with van der Waals surface area (Å²) in [6.07, 6.45) is 2.45. The highest BCUT2D eigenvalue weighted by molar-refractivity contribution is 5.56. The molecule has 1 N–H and O–H groups in total. The number of hydrogen-bond donors (Lipinski definition) is 1. The Hall–Kier alpha value is -0.860. The second-order valence-corrected chi connectivity index (χ2v) is 4.82. The zero-order valence-corrected chi connectivity index (χ0v) is 10.7. The van der Waals surface area contributed by atoms with Gasteiger partial charge in [0.1, 0.15) is 13.1 Å². The third kappa shape index (κ3) is 1.76. The maximum absolute atomic E-state index is 3.72. The molecule has 1 aromatic rings. The Bertz CT molecular complexity index is 365. The molecule has 0 atom stereocenters. The quantitative estimate of drug-likeness (QED) is 0.767. The molecule has 0 bridgehead atoms. The van der Waals surface area contributed by atoms with Crippen molar-refractivity contribution < 1.29 is 0 Å². The molecule has 1 heterocycles. The molecule has 0 radical (unpaired) electrons. The van der Waals surface area contributed by atoms with E-state index in [1.165, 1.54) is 42.7 Å². The predicted molar refractivity (Wildman–Crippen MR) is 70.1 cm³/mol. The highest BCUT2D eigenvalue weighted by Gasteiger charge is 2.37. The molecule has 0 saturated heterocycles. The first-order valence-electron chi connectivity index (χ1n) is 6.45. The lowest BCUT2D eigenvalue weighted by molar-refractivity contribution is 0.208. The summed E-state index contributed by atoms with van der Waals surface area (Å²) in [7, 11) is 0. The van der Waals surface area contributed by atoms with Crippen LogP contribution in [0.5, 0.6) is 0 Å². The fourth-order valence-corrected chi connectivity index (χ4v) is 2.91. The molecule has 2 nitrogen and oxygen atoms in total. The van der Waals surface area contributed by atoms with Gasteiger partial charge in [0.15, 0.2) is 5.69 Å². The van der Waals surface area contributed by atoms with E-state index in [1.807, 2.05) is 0 Å². The SMILES string of the molecule is CCC[N+]1(CCC)NCc2c(C)cccc21. The number of aryl methyl sites for hydroxylation is 1. The molecule has 1 aliphatic heterocycles. The second-order valence-electron chi connectivity index (χ2n) is 4.82. The van der Waals surface area contributed by atoms with Crippen molar-refractivity contribution in [2.75, 3.05) is 13.1 Å². The third-order valence-corrected chi connectivity index (χ3v) is 3.62. The van der Waals surface area contributed by atoms with Crippen molar-refractivity contribution in [3.8, 4) is 0 Å². The Labute approximate surface area is 98.8 Å². The molecule has 88 valence electrons. The molecule has 0 aromatic heterocycles. The number of rotatable bonds is 4. The van der Waals surface area contributed by atoms with Crippen LogP contribution >= 0.6 is 0 Å². The highest BCUT2D eigenvalue weighted by atomic mass is 15.7. The summed E-state index contributed by atoms with van der Waals surface area (Å²) in [4.78, 5) is 0. The molecule has 2 heteroatoms. The summed E-state index contributed by atoms with van der Waals surface area (Å²) in [5.41, 5.74) is 8.17. The third-order valence-electron chi connectivity index (χ3n) is 3.62. The van der Waals surface area contributed by atoms with Crippen molar-refractivity contribution in [2.24, 2.45) is 0 Å². The number of fused-ring (bicyclic) bond motifs is 1. The Morgan fingerprint density at radius 2 is 1.88 bits per heavy atom. The van der Waals surface area contributed by atoms with Crippen molar-refractivity contribution in [2.45, 2.75) is 40.2 Å². The summed E-state index contributed by atoms with van der Waals surface area (Å²) >= 11 is 0. The fourth-order valence-electron chi connectivity index (χ4n) is 2.91. The maximum Gasteiger partial charge on any atom is 0.157 e. The van der Waals surface area contributed by atoms with Crippen LogP contribution in [0.15, 0.2) is 18.2 Å². The molecule has 0 spiro atoms. The van der Waals surface area contributed by atoms with E-state index in [2.05, 4.69) is 44.4 Å². The van der Waals surface area contributed by atoms with Gasteiger partial charge in [-0.2, -0.15) is 5.43 Å². The molecule has 0 amide bonds. The zero-order valence-electron chi connectivity index (χ0n) is 10.7. The van der Waals surface area contributed by atoms with Crippen LogP contribution in [0.4, 0.5) is 5.69 Å². The average Bonchev–Trinajstić information content (AvgIpc) is 2.61. The molecule has 2 rings (SSSR count). The van der Waals surface area contributed by atoms with Crippen LogP contribution in [0.25, 0.3) is 0 Å². The van der Waals surface area contributed by atoms with Crippen LogP contribution in [-0.2, 0) is 6.54 Å². The van der Waals surface area contributed by atoms with Gasteiger partial charge >= 0.3 is 0 Å². The Kier molecular flexibility index (Phi) is 3.31. The van der Waals surface area contributed by atoms with E-state index in [1.54, 1.807) is 0 Å². The van der Waals surface area contributed by atoms with Crippen molar-refractivity contribution in [3.05, 3.63) is 29.3 Å². The molecular weight excluding hydrogens is 196 g/mol. The molecule has 0 aliphatic carbocycles. The van der Waals surface area contributed by atoms with E-state index < -0.39 is 0 Å². The standard InChI is InChI=1S/C14H23N2/c1-4-9-16(10-5-2)14-8-6-7-12(3)13(14)11-15-16/h6-8,15H,4-5,9-11H2,1-3H3/q+1. The molecule has 16 heavy (non-hydrogen) atoms. The Morgan fingerprint density at radius 1 is 1.19 bits per heavy atom. The minimum atomic E-state index is 0.990. The van der Waals surface area contributed by atoms with Gasteiger partial charge in [-0.05, 0) is 25.3 Å². The van der Waals surface area contributed by atoms with E-state index in [4.69, 9.17) is 0 Å². The lowest BCUT2D eigenvalue weighted by Gasteiger charge is -2.33. The Morgan fingerprint density at radius 3 is 2.50 bits per heavy atom. The van der Waals surface area contributed by atoms with Crippen LogP contribution in [0.3, 0.4) is 0 Å². The van der Waals surface area contributed by atoms with Gasteiger partial charge in [0, 0.05) is 11.6 Å². The van der Waals surface area contributed by atoms with Gasteiger partial charge in [0.05, 0.1) is 6.54 Å². The van der Waals surface area contributed by atoms with E-state index >= 15 is 0 Å². The molecular formula is C14H23N2+. The highest BCUT2D eigenvalue weighted by Crippen LogP contribution is 2.34. The summed E-state index contributed by atoms with van der Waals surface area (Å²) < 4.78 is 0.990. The molecule has 0 saturated carbocycles. The van der Waals surface area contributed by atoms with Crippen molar-refractivity contribution in [1.82, 2.24) is 10.0 Å². The van der Waals surface area contributed by atoms with E-state index in [0.29, 0.717) is 0 Å². The van der Waals surface area contributed by atoms with Crippen molar-refractivity contribution in [1.29, 1.82) is 0 Å². The van der Waals surface area contributed by atoms with E-state index in [9.17, 15) is 0 Å². The zero-order chi connectivity index (χ0) is 11.6. The van der Waals surface area contributed by atoms with Crippen molar-refractivity contribution in [3.63, 3.8) is 0 Å². The number of benzene rings is 1. The summed E-state index contributed by atoms with van der Waals surface area (Å²) in [5.74, 6) is 0. The van der Waals surface area contributed by atoms with Gasteiger partial charge in [-0.1, -0.05) is 26.0 Å². The summed E-state index contributed by atoms with van der Waals surface area (Å²) in [6.45, 7) is 10.2. The Balaban J connectivity index is 2.42. The first kappa shape index (κ1) is 11.6. The lowest BCUT2D eigenvalue weighted by Crippen LogP contribution is -2.56. The lowest BCUT2D eigenvalue weighted by atomic mass is 10.1. The molecule has 1 aliphatic rings. The first-order chi connectivity index (χ1) is 7.73. The minimum Gasteiger partial charge on any atom is -0.213 e. The van der Waals surface area contributed by atoms with Gasteiger partial charge in [-0.3, -0.25) is 0 Å². The maximum atomic E-state index is 3.72. The predicted octanol–water partition coefficient (Wildman–Crippen LogP) is 3.14. The van der Waals surface area contributed by atoms with Gasteiger partial charge in [0.25, 0.3) is 0 Å². The number of nitrogens with zero attached hydrogens (tertiary/aromatic N) is 1. The van der Waals surface area contributed by atoms with Gasteiger partial charge in [-0.25, -0.2) is 4.59 Å². The van der Waals surface area contributed by atoms with Crippen LogP contribution in [-0.4, -0.2) is 13.1 Å². The number of nitrogens with one attached hydrogen (secondary N) is 1. The largest absolute Gasteiger partial charge is 0.213 e.